The molecule has 274 valence electrons. The van der Waals surface area contributed by atoms with E-state index in [9.17, 15) is 29.4 Å². The molecule has 52 heavy (non-hydrogen) atoms. The van der Waals surface area contributed by atoms with Gasteiger partial charge in [-0.05, 0) is 51.4 Å². The largest absolute Gasteiger partial charge is 0.479 e. The van der Waals surface area contributed by atoms with Gasteiger partial charge in [-0.1, -0.05) is 85.7 Å². The van der Waals surface area contributed by atoms with Gasteiger partial charge in [-0.25, -0.2) is 9.59 Å². The number of carbonyl (C=O) groups is 4. The van der Waals surface area contributed by atoms with E-state index in [4.69, 9.17) is 14.9 Å². The number of carboxylic acid groups (broad SMARTS) is 1. The van der Waals surface area contributed by atoms with Gasteiger partial charge >= 0.3 is 12.1 Å². The number of nitrogens with zero attached hydrogens (tertiary/aromatic N) is 4. The van der Waals surface area contributed by atoms with Crippen molar-refractivity contribution in [2.45, 2.75) is 107 Å². The van der Waals surface area contributed by atoms with Crippen molar-refractivity contribution in [1.82, 2.24) is 30.5 Å². The van der Waals surface area contributed by atoms with Gasteiger partial charge in [-0.2, -0.15) is 15.0 Å². The van der Waals surface area contributed by atoms with Crippen molar-refractivity contribution in [2.75, 3.05) is 6.54 Å². The van der Waals surface area contributed by atoms with E-state index in [2.05, 4.69) is 10.6 Å². The fraction of sp³-hybridized carbons (Fsp3) is 0.487. The van der Waals surface area contributed by atoms with Crippen LogP contribution in [0.5, 0.6) is 0 Å². The molecule has 1 saturated heterocycles. The van der Waals surface area contributed by atoms with Gasteiger partial charge in [0.1, 0.15) is 29.6 Å². The minimum Gasteiger partial charge on any atom is -0.479 e. The number of aliphatic hydroxyl groups excluding tert-OH is 1. The molecule has 1 aromatic heterocycles. The fourth-order valence-corrected chi connectivity index (χ4v) is 7.98. The molecule has 7 rings (SSSR count). The van der Waals surface area contributed by atoms with E-state index in [0.29, 0.717) is 24.2 Å². The molecule has 6 atom stereocenters. The maximum atomic E-state index is 14.6. The molecule has 2 aliphatic carbocycles. The van der Waals surface area contributed by atoms with Crippen molar-refractivity contribution in [3.63, 3.8) is 0 Å². The zero-order valence-corrected chi connectivity index (χ0v) is 29.1. The third-order valence-corrected chi connectivity index (χ3v) is 11.0. The smallest absolute Gasteiger partial charge is 0.408 e. The van der Waals surface area contributed by atoms with Gasteiger partial charge in [0.05, 0.1) is 11.6 Å². The summed E-state index contributed by atoms with van der Waals surface area (Å²) in [6.45, 7) is 0.0712. The number of nitrogens with one attached hydrogen (secondary N) is 2. The van der Waals surface area contributed by atoms with Crippen LogP contribution >= 0.6 is 0 Å². The fourth-order valence-electron chi connectivity index (χ4n) is 7.98. The maximum absolute atomic E-state index is 14.6. The lowest BCUT2D eigenvalue weighted by Gasteiger charge is -2.30. The molecule has 4 aliphatic rings. The lowest BCUT2D eigenvalue weighted by Crippen LogP contribution is -2.58. The van der Waals surface area contributed by atoms with Gasteiger partial charge in [-0.3, -0.25) is 9.59 Å². The summed E-state index contributed by atoms with van der Waals surface area (Å²) in [6, 6.07) is 16.8. The number of aliphatic carboxylic acids is 1. The second-order valence-corrected chi connectivity index (χ2v) is 14.5. The number of fused-ring (bicyclic) bond motifs is 2. The first-order valence-corrected chi connectivity index (χ1v) is 18.5. The first-order chi connectivity index (χ1) is 25.2. The molecule has 0 bridgehead atoms. The van der Waals surface area contributed by atoms with Crippen LogP contribution in [0.3, 0.4) is 0 Å². The lowest BCUT2D eigenvalue weighted by atomic mass is 10.0. The molecule has 2 aromatic carbocycles. The van der Waals surface area contributed by atoms with Crippen LogP contribution in [0, 0.1) is 5.92 Å². The van der Waals surface area contributed by atoms with Crippen molar-refractivity contribution >= 4 is 23.9 Å². The molecular formula is C39H46N6O7. The Morgan fingerprint density at radius 1 is 0.904 bits per heavy atom. The Bertz CT molecular complexity index is 1740. The van der Waals surface area contributed by atoms with Crippen LogP contribution in [0.25, 0.3) is 22.5 Å². The number of hydrogen-bond donors (Lipinski definition) is 4. The van der Waals surface area contributed by atoms with E-state index >= 15 is 0 Å². The lowest BCUT2D eigenvalue weighted by molar-refractivity contribution is -0.150. The first-order valence-electron chi connectivity index (χ1n) is 18.5. The number of alkyl carbamates (subject to hydrolysis) is 1. The highest BCUT2D eigenvalue weighted by Gasteiger charge is 2.62. The van der Waals surface area contributed by atoms with Gasteiger partial charge in [0.2, 0.25) is 11.8 Å². The third kappa shape index (κ3) is 7.45. The number of carboxylic acids is 1. The summed E-state index contributed by atoms with van der Waals surface area (Å²) in [5, 5.41) is 36.2. The Morgan fingerprint density at radius 3 is 2.17 bits per heavy atom. The standard InChI is InChI=1S/C39H46N6O7/c46-34(37(49)50)39-23-27(39)18-10-2-1-3-11-21-30(40-38(51)52-29-19-12-13-20-29)36(48)44-24-28(22-31(44)35(47)41-39)45-42-32(25-14-6-4-7-15-25)33(43-45)26-16-8-5-9-17-26/h4-10,14-18,27-31,34,46H,1-3,11-13,19-24H2,(H,40,51)(H,41,47)(H,49,50)/t27-,28-,30+,31+,34?,39-/m1/s1. The summed E-state index contributed by atoms with van der Waals surface area (Å²) in [5.41, 5.74) is 1.61. The second kappa shape index (κ2) is 15.3. The monoisotopic (exact) mass is 710 g/mol. The zero-order chi connectivity index (χ0) is 36.2. The predicted octanol–water partition coefficient (Wildman–Crippen LogP) is 4.63. The molecule has 13 nitrogen and oxygen atoms in total. The molecule has 0 radical (unpaired) electrons. The summed E-state index contributed by atoms with van der Waals surface area (Å²) in [4.78, 5) is 57.1. The number of benzene rings is 2. The zero-order valence-electron chi connectivity index (χ0n) is 29.1. The number of hydrogen-bond acceptors (Lipinski definition) is 8. The SMILES string of the molecule is O=C(N[C@H]1CCCCCC=C[C@@H]2C[C@@]2(C(O)C(=O)O)NC(=O)[C@@H]2C[C@@H](n3nc(-c4ccccc4)c(-c4ccccc4)n3)CN2C1=O)OC1CCCC1. The van der Waals surface area contributed by atoms with E-state index in [0.717, 1.165) is 56.1 Å². The number of amides is 3. The van der Waals surface area contributed by atoms with E-state index in [-0.39, 0.29) is 31.4 Å². The number of ether oxygens (including phenoxy) is 1. The van der Waals surface area contributed by atoms with Crippen LogP contribution in [-0.4, -0.2) is 90.4 Å². The van der Waals surface area contributed by atoms with Crippen LogP contribution in [-0.2, 0) is 19.1 Å². The summed E-state index contributed by atoms with van der Waals surface area (Å²) in [5.74, 6) is -2.81. The molecular weight excluding hydrogens is 664 g/mol. The number of allylic oxidation sites excluding steroid dienone is 1. The molecule has 2 saturated carbocycles. The normalized spacial score (nSPS) is 27.4. The summed E-state index contributed by atoms with van der Waals surface area (Å²) >= 11 is 0. The minimum atomic E-state index is -1.84. The molecule has 4 N–H and O–H groups in total. The Morgan fingerprint density at radius 2 is 1.54 bits per heavy atom. The van der Waals surface area contributed by atoms with E-state index in [1.165, 1.54) is 4.90 Å². The average Bonchev–Trinajstić information content (AvgIpc) is 3.60. The van der Waals surface area contributed by atoms with Gasteiger partial charge < -0.3 is 30.5 Å². The highest BCUT2D eigenvalue weighted by molar-refractivity contribution is 5.93. The molecule has 3 fully saturated rings. The highest BCUT2D eigenvalue weighted by Crippen LogP contribution is 2.48. The molecule has 3 heterocycles. The highest BCUT2D eigenvalue weighted by atomic mass is 16.6. The summed E-state index contributed by atoms with van der Waals surface area (Å²) in [7, 11) is 0. The van der Waals surface area contributed by atoms with E-state index in [1.54, 1.807) is 4.80 Å². The number of aromatic nitrogens is 3. The van der Waals surface area contributed by atoms with Crippen molar-refractivity contribution in [1.29, 1.82) is 0 Å². The topological polar surface area (TPSA) is 176 Å². The molecule has 3 amide bonds. The van der Waals surface area contributed by atoms with Crippen molar-refractivity contribution in [3.05, 3.63) is 72.8 Å². The van der Waals surface area contributed by atoms with Crippen LogP contribution in [0.1, 0.15) is 76.7 Å². The van der Waals surface area contributed by atoms with Gasteiger partial charge in [0.15, 0.2) is 6.10 Å². The van der Waals surface area contributed by atoms with Crippen LogP contribution in [0.2, 0.25) is 0 Å². The first kappa shape index (κ1) is 35.4. The molecule has 3 aromatic rings. The molecule has 2 aliphatic heterocycles. The molecule has 13 heteroatoms. The predicted molar refractivity (Wildman–Crippen MR) is 191 cm³/mol. The van der Waals surface area contributed by atoms with Crippen molar-refractivity contribution in [3.8, 4) is 22.5 Å². The van der Waals surface area contributed by atoms with E-state index in [1.807, 2.05) is 72.8 Å². The average molecular weight is 711 g/mol. The van der Waals surface area contributed by atoms with Crippen LogP contribution in [0.15, 0.2) is 72.8 Å². The minimum absolute atomic E-state index is 0.0712. The number of carbonyl (C=O) groups excluding carboxylic acids is 3. The number of rotatable bonds is 7. The van der Waals surface area contributed by atoms with Crippen molar-refractivity contribution < 1.29 is 34.1 Å². The van der Waals surface area contributed by atoms with Crippen molar-refractivity contribution in [2.24, 2.45) is 5.92 Å². The molecule has 0 spiro atoms. The Hall–Kier alpha value is -5.04. The second-order valence-electron chi connectivity index (χ2n) is 14.5. The van der Waals surface area contributed by atoms with Gasteiger partial charge in [-0.15, -0.1) is 0 Å². The Kier molecular flexibility index (Phi) is 10.4. The third-order valence-electron chi connectivity index (χ3n) is 11.0. The Balaban J connectivity index is 1.23. The van der Waals surface area contributed by atoms with Gasteiger partial charge in [0.25, 0.3) is 0 Å². The molecule has 1 unspecified atom stereocenters. The summed E-state index contributed by atoms with van der Waals surface area (Å²) < 4.78 is 5.68. The Labute approximate surface area is 302 Å². The van der Waals surface area contributed by atoms with E-state index < -0.39 is 53.6 Å². The quantitative estimate of drug-likeness (QED) is 0.255. The summed E-state index contributed by atoms with van der Waals surface area (Å²) in [6.07, 6.45) is 8.45. The maximum Gasteiger partial charge on any atom is 0.408 e. The van der Waals surface area contributed by atoms with Crippen LogP contribution in [0.4, 0.5) is 4.79 Å². The van der Waals surface area contributed by atoms with Crippen LogP contribution < -0.4 is 10.6 Å². The number of aliphatic hydroxyl groups is 1. The van der Waals surface area contributed by atoms with Gasteiger partial charge in [0, 0.05) is 30.0 Å².